The third kappa shape index (κ3) is 4.61. The predicted molar refractivity (Wildman–Crippen MR) is 125 cm³/mol. The maximum Gasteiger partial charge on any atom is 0.258 e. The van der Waals surface area contributed by atoms with Gasteiger partial charge in [-0.2, -0.15) is 4.98 Å². The zero-order valence-electron chi connectivity index (χ0n) is 17.0. The Hall–Kier alpha value is -3.36. The van der Waals surface area contributed by atoms with E-state index < -0.39 is 23.3 Å². The van der Waals surface area contributed by atoms with Crippen LogP contribution in [-0.4, -0.2) is 21.8 Å². The Morgan fingerprint density at radius 1 is 1.16 bits per heavy atom. The summed E-state index contributed by atoms with van der Waals surface area (Å²) in [6, 6.07) is 12.2. The highest BCUT2D eigenvalue weighted by atomic mass is 35.5. The summed E-state index contributed by atoms with van der Waals surface area (Å²) in [6.45, 7) is 1.98. The minimum Gasteiger partial charge on any atom is -0.326 e. The average molecular weight is 472 g/mol. The first-order chi connectivity index (χ1) is 15.3. The zero-order chi connectivity index (χ0) is 22.8. The summed E-state index contributed by atoms with van der Waals surface area (Å²) < 4.78 is 0. The number of halogens is 2. The molecule has 3 aromatic rings. The second-order valence-corrected chi connectivity index (χ2v) is 8.14. The molecule has 1 atom stereocenters. The van der Waals surface area contributed by atoms with Crippen molar-refractivity contribution in [2.24, 2.45) is 0 Å². The van der Waals surface area contributed by atoms with Crippen LogP contribution < -0.4 is 21.5 Å². The van der Waals surface area contributed by atoms with Gasteiger partial charge in [0.15, 0.2) is 0 Å². The van der Waals surface area contributed by atoms with Gasteiger partial charge in [0.05, 0.1) is 11.5 Å². The van der Waals surface area contributed by atoms with Gasteiger partial charge in [0.1, 0.15) is 5.82 Å². The van der Waals surface area contributed by atoms with Crippen LogP contribution in [0, 0.1) is 0 Å². The highest BCUT2D eigenvalue weighted by molar-refractivity contribution is 6.35. The molecule has 2 heterocycles. The number of aromatic amines is 1. The molecule has 0 fully saturated rings. The number of nitrogens with zero attached hydrogens (tertiary/aromatic N) is 1. The number of anilines is 4. The number of carbonyl (C=O) groups excluding carboxylic acids is 2. The molecule has 0 saturated carbocycles. The number of aryl methyl sites for hydroxylation is 1. The Morgan fingerprint density at radius 2 is 1.88 bits per heavy atom. The first-order valence-corrected chi connectivity index (χ1v) is 10.7. The van der Waals surface area contributed by atoms with E-state index in [4.69, 9.17) is 23.2 Å². The van der Waals surface area contributed by atoms with Crippen LogP contribution in [0.4, 0.5) is 23.1 Å². The number of hydrogen-bond donors (Lipinski definition) is 4. The van der Waals surface area contributed by atoms with Crippen molar-refractivity contribution < 1.29 is 9.59 Å². The van der Waals surface area contributed by atoms with E-state index in [-0.39, 0.29) is 23.8 Å². The fraction of sp³-hybridized carbons (Fsp3) is 0.182. The predicted octanol–water partition coefficient (Wildman–Crippen LogP) is 4.45. The summed E-state index contributed by atoms with van der Waals surface area (Å²) in [5.41, 5.74) is 1.67. The van der Waals surface area contributed by atoms with Gasteiger partial charge in [0.2, 0.25) is 17.8 Å². The summed E-state index contributed by atoms with van der Waals surface area (Å²) in [5.74, 6) is -1.73. The normalized spacial score (nSPS) is 15.0. The molecule has 1 aliphatic rings. The first-order valence-electron chi connectivity index (χ1n) is 9.90. The smallest absolute Gasteiger partial charge is 0.258 e. The minimum absolute atomic E-state index is 0.0320. The SMILES string of the molecule is CCc1ccccc1NC(=O)[C@H]1CC(=O)Nc2nc(Nc3cc(Cl)cc(Cl)c3)[nH]c(=O)c21. The van der Waals surface area contributed by atoms with Crippen LogP contribution in [0.15, 0.2) is 47.3 Å². The van der Waals surface area contributed by atoms with Crippen LogP contribution in [0.25, 0.3) is 0 Å². The van der Waals surface area contributed by atoms with Crippen molar-refractivity contribution in [3.05, 3.63) is 74.0 Å². The molecule has 4 N–H and O–H groups in total. The van der Waals surface area contributed by atoms with Crippen LogP contribution in [-0.2, 0) is 16.0 Å². The van der Waals surface area contributed by atoms with Gasteiger partial charge in [-0.15, -0.1) is 0 Å². The van der Waals surface area contributed by atoms with Crippen molar-refractivity contribution in [3.63, 3.8) is 0 Å². The highest BCUT2D eigenvalue weighted by Gasteiger charge is 2.35. The summed E-state index contributed by atoms with van der Waals surface area (Å²) in [6.07, 6.45) is 0.567. The molecule has 2 amide bonds. The zero-order valence-corrected chi connectivity index (χ0v) is 18.5. The van der Waals surface area contributed by atoms with Crippen molar-refractivity contribution in [1.82, 2.24) is 9.97 Å². The van der Waals surface area contributed by atoms with Crippen LogP contribution >= 0.6 is 23.2 Å². The lowest BCUT2D eigenvalue weighted by Gasteiger charge is -2.24. The van der Waals surface area contributed by atoms with Crippen molar-refractivity contribution in [1.29, 1.82) is 0 Å². The van der Waals surface area contributed by atoms with Gasteiger partial charge in [-0.1, -0.05) is 48.3 Å². The molecule has 164 valence electrons. The molecule has 0 bridgehead atoms. The standard InChI is InChI=1S/C22H19Cl2N5O3/c1-2-11-5-3-4-6-16(11)26-20(31)15-10-17(30)27-19-18(15)21(32)29-22(28-19)25-14-8-12(23)7-13(24)9-14/h3-9,15H,2,10H2,1H3,(H,26,31)(H3,25,27,28,29,30,32)/t15-/m0/s1. The Labute approximate surface area is 193 Å². The molecule has 0 spiro atoms. The van der Waals surface area contributed by atoms with E-state index in [1.165, 1.54) is 0 Å². The number of carbonyl (C=O) groups is 2. The van der Waals surface area contributed by atoms with Crippen molar-refractivity contribution >= 4 is 58.2 Å². The number of amides is 2. The van der Waals surface area contributed by atoms with E-state index in [0.717, 1.165) is 12.0 Å². The van der Waals surface area contributed by atoms with E-state index in [0.29, 0.717) is 21.4 Å². The number of hydrogen-bond acceptors (Lipinski definition) is 5. The molecule has 1 aromatic heterocycles. The molecule has 1 aliphatic heterocycles. The minimum atomic E-state index is -0.977. The second-order valence-electron chi connectivity index (χ2n) is 7.26. The largest absolute Gasteiger partial charge is 0.326 e. The summed E-state index contributed by atoms with van der Waals surface area (Å²) in [7, 11) is 0. The number of para-hydroxylation sites is 1. The summed E-state index contributed by atoms with van der Waals surface area (Å²) >= 11 is 12.0. The van der Waals surface area contributed by atoms with Gasteiger partial charge in [0, 0.05) is 27.8 Å². The molecular weight excluding hydrogens is 453 g/mol. The van der Waals surface area contributed by atoms with Gasteiger partial charge < -0.3 is 16.0 Å². The van der Waals surface area contributed by atoms with Crippen molar-refractivity contribution in [2.45, 2.75) is 25.7 Å². The lowest BCUT2D eigenvalue weighted by atomic mass is 9.92. The second kappa shape index (κ2) is 9.02. The van der Waals surface area contributed by atoms with Gasteiger partial charge in [-0.05, 0) is 36.2 Å². The third-order valence-corrected chi connectivity index (χ3v) is 5.49. The molecule has 0 unspecified atom stereocenters. The Bertz CT molecular complexity index is 1250. The first kappa shape index (κ1) is 21.9. The molecule has 0 radical (unpaired) electrons. The summed E-state index contributed by atoms with van der Waals surface area (Å²) in [4.78, 5) is 45.1. The van der Waals surface area contributed by atoms with E-state index in [1.54, 1.807) is 24.3 Å². The van der Waals surface area contributed by atoms with Gasteiger partial charge >= 0.3 is 0 Å². The average Bonchev–Trinajstić information content (AvgIpc) is 2.72. The molecule has 4 rings (SSSR count). The van der Waals surface area contributed by atoms with Gasteiger partial charge in [-0.25, -0.2) is 0 Å². The number of nitrogens with one attached hydrogen (secondary N) is 4. The maximum absolute atomic E-state index is 13.0. The van der Waals surface area contributed by atoms with E-state index >= 15 is 0 Å². The number of aromatic nitrogens is 2. The fourth-order valence-electron chi connectivity index (χ4n) is 3.59. The molecule has 32 heavy (non-hydrogen) atoms. The number of H-pyrrole nitrogens is 1. The lowest BCUT2D eigenvalue weighted by Crippen LogP contribution is -2.36. The Kier molecular flexibility index (Phi) is 6.16. The molecule has 8 nitrogen and oxygen atoms in total. The Morgan fingerprint density at radius 3 is 2.59 bits per heavy atom. The molecule has 2 aromatic carbocycles. The van der Waals surface area contributed by atoms with E-state index in [1.807, 2.05) is 25.1 Å². The number of rotatable bonds is 5. The van der Waals surface area contributed by atoms with Crippen LogP contribution in [0.3, 0.4) is 0 Å². The van der Waals surface area contributed by atoms with Crippen molar-refractivity contribution in [2.75, 3.05) is 16.0 Å². The molecule has 0 aliphatic carbocycles. The molecule has 0 saturated heterocycles. The summed E-state index contributed by atoms with van der Waals surface area (Å²) in [5, 5.41) is 9.13. The van der Waals surface area contributed by atoms with Gasteiger partial charge in [-0.3, -0.25) is 19.4 Å². The quantitative estimate of drug-likeness (QED) is 0.438. The number of benzene rings is 2. The van der Waals surface area contributed by atoms with Crippen LogP contribution in [0.5, 0.6) is 0 Å². The van der Waals surface area contributed by atoms with Crippen LogP contribution in [0.2, 0.25) is 10.0 Å². The topological polar surface area (TPSA) is 116 Å². The van der Waals surface area contributed by atoms with E-state index in [9.17, 15) is 14.4 Å². The highest BCUT2D eigenvalue weighted by Crippen LogP contribution is 2.31. The van der Waals surface area contributed by atoms with E-state index in [2.05, 4.69) is 25.9 Å². The third-order valence-electron chi connectivity index (χ3n) is 5.05. The maximum atomic E-state index is 13.0. The van der Waals surface area contributed by atoms with Gasteiger partial charge in [0.25, 0.3) is 5.56 Å². The van der Waals surface area contributed by atoms with Crippen molar-refractivity contribution in [3.8, 4) is 0 Å². The fourth-order valence-corrected chi connectivity index (χ4v) is 4.11. The Balaban J connectivity index is 1.65. The monoisotopic (exact) mass is 471 g/mol. The molecule has 10 heteroatoms. The molecular formula is C22H19Cl2N5O3. The van der Waals surface area contributed by atoms with Crippen LogP contribution in [0.1, 0.15) is 30.4 Å². The number of fused-ring (bicyclic) bond motifs is 1. The lowest BCUT2D eigenvalue weighted by molar-refractivity contribution is -0.123.